The van der Waals surface area contributed by atoms with Gasteiger partial charge in [-0.05, 0) is 24.3 Å². The van der Waals surface area contributed by atoms with Gasteiger partial charge in [0.25, 0.3) is 0 Å². The van der Waals surface area contributed by atoms with E-state index in [1.807, 2.05) is 0 Å². The molecule has 0 bridgehead atoms. The van der Waals surface area contributed by atoms with Crippen molar-refractivity contribution >= 4 is 17.9 Å². The first-order chi connectivity index (χ1) is 7.15. The smallest absolute Gasteiger partial charge is 0.190 e. The Morgan fingerprint density at radius 3 is 2.20 bits per heavy atom. The van der Waals surface area contributed by atoms with Gasteiger partial charge in [-0.15, -0.1) is 0 Å². The third-order valence-electron chi connectivity index (χ3n) is 2.22. The number of hydrogen-bond donors (Lipinski definition) is 1. The number of phenolic OH excluding ortho intramolecular Hbond substituents is 1. The lowest BCUT2D eigenvalue weighted by atomic mass is 9.90. The highest BCUT2D eigenvalue weighted by Gasteiger charge is 2.25. The van der Waals surface area contributed by atoms with Crippen LogP contribution in [0.3, 0.4) is 0 Å². The van der Waals surface area contributed by atoms with Gasteiger partial charge in [0.15, 0.2) is 17.9 Å². The van der Waals surface area contributed by atoms with Crippen molar-refractivity contribution in [1.29, 1.82) is 0 Å². The first-order valence-electron chi connectivity index (χ1n) is 4.23. The molecule has 0 saturated carbocycles. The van der Waals surface area contributed by atoms with Crippen LogP contribution in [0.4, 0.5) is 0 Å². The summed E-state index contributed by atoms with van der Waals surface area (Å²) >= 11 is 0. The molecule has 0 heterocycles. The zero-order valence-corrected chi connectivity index (χ0v) is 7.56. The maximum absolute atomic E-state index is 11.5. The van der Waals surface area contributed by atoms with Crippen LogP contribution in [0.1, 0.15) is 31.1 Å². The van der Waals surface area contributed by atoms with Gasteiger partial charge in [0.1, 0.15) is 5.75 Å². The molecule has 1 aliphatic carbocycles. The number of aromatic hydroxyl groups is 1. The topological polar surface area (TPSA) is 71.4 Å². The highest BCUT2D eigenvalue weighted by molar-refractivity contribution is 6.25. The van der Waals surface area contributed by atoms with Crippen LogP contribution in [-0.2, 0) is 0 Å². The molecule has 0 atom stereocenters. The van der Waals surface area contributed by atoms with Crippen LogP contribution in [-0.4, -0.2) is 23.0 Å². The van der Waals surface area contributed by atoms with E-state index in [1.54, 1.807) is 0 Å². The Hall–Kier alpha value is -2.23. The molecule has 0 unspecified atom stereocenters. The maximum atomic E-state index is 11.5. The summed E-state index contributed by atoms with van der Waals surface area (Å²) in [6.07, 6.45) is 2.67. The number of phenols is 1. The van der Waals surface area contributed by atoms with Crippen molar-refractivity contribution in [3.63, 3.8) is 0 Å². The molecule has 0 fully saturated rings. The summed E-state index contributed by atoms with van der Waals surface area (Å²) in [5.41, 5.74) is 0.00935. The molecule has 15 heavy (non-hydrogen) atoms. The minimum absolute atomic E-state index is 0.0162. The highest BCUT2D eigenvalue weighted by atomic mass is 16.3. The summed E-state index contributed by atoms with van der Waals surface area (Å²) in [7, 11) is 0. The van der Waals surface area contributed by atoms with E-state index in [2.05, 4.69) is 0 Å². The van der Waals surface area contributed by atoms with Crippen LogP contribution < -0.4 is 0 Å². The van der Waals surface area contributed by atoms with Crippen molar-refractivity contribution < 1.29 is 19.5 Å². The summed E-state index contributed by atoms with van der Waals surface area (Å²) < 4.78 is 0. The molecule has 0 spiro atoms. The number of carbonyl (C=O) groups is 3. The standard InChI is InChI=1S/C11H6O4/c12-5-6-1-2-8(14)11-9(15)4-3-7(13)10(6)11/h1-5,14H. The van der Waals surface area contributed by atoms with E-state index in [9.17, 15) is 19.5 Å². The van der Waals surface area contributed by atoms with Gasteiger partial charge in [-0.3, -0.25) is 14.4 Å². The predicted octanol–water partition coefficient (Wildman–Crippen LogP) is 1.14. The lowest BCUT2D eigenvalue weighted by Crippen LogP contribution is -2.14. The van der Waals surface area contributed by atoms with Crippen LogP contribution in [0.5, 0.6) is 5.75 Å². The number of aldehydes is 1. The molecule has 0 aliphatic heterocycles. The summed E-state index contributed by atoms with van der Waals surface area (Å²) in [4.78, 5) is 33.5. The monoisotopic (exact) mass is 202 g/mol. The van der Waals surface area contributed by atoms with Crippen LogP contribution >= 0.6 is 0 Å². The molecule has 0 aromatic heterocycles. The van der Waals surface area contributed by atoms with E-state index in [0.29, 0.717) is 6.29 Å². The largest absolute Gasteiger partial charge is 0.507 e. The fourth-order valence-corrected chi connectivity index (χ4v) is 1.54. The van der Waals surface area contributed by atoms with Gasteiger partial charge in [-0.25, -0.2) is 0 Å². The van der Waals surface area contributed by atoms with E-state index in [1.165, 1.54) is 12.1 Å². The lowest BCUT2D eigenvalue weighted by Gasteiger charge is -2.12. The Balaban J connectivity index is 2.84. The zero-order valence-electron chi connectivity index (χ0n) is 7.56. The second kappa shape index (κ2) is 3.16. The fourth-order valence-electron chi connectivity index (χ4n) is 1.54. The molecule has 74 valence electrons. The van der Waals surface area contributed by atoms with Crippen molar-refractivity contribution in [2.75, 3.05) is 0 Å². The van der Waals surface area contributed by atoms with Crippen LogP contribution in [0.25, 0.3) is 0 Å². The van der Waals surface area contributed by atoms with E-state index in [4.69, 9.17) is 0 Å². The third kappa shape index (κ3) is 1.27. The summed E-state index contributed by atoms with van der Waals surface area (Å²) in [6.45, 7) is 0. The second-order valence-electron chi connectivity index (χ2n) is 3.10. The number of benzene rings is 1. The van der Waals surface area contributed by atoms with Gasteiger partial charge in [0, 0.05) is 11.1 Å². The molecule has 0 amide bonds. The quantitative estimate of drug-likeness (QED) is 0.693. The van der Waals surface area contributed by atoms with Gasteiger partial charge in [0.05, 0.1) is 5.56 Å². The van der Waals surface area contributed by atoms with Gasteiger partial charge < -0.3 is 5.11 Å². The predicted molar refractivity (Wildman–Crippen MR) is 51.3 cm³/mol. The van der Waals surface area contributed by atoms with Crippen molar-refractivity contribution in [3.05, 3.63) is 41.0 Å². The molecule has 0 radical (unpaired) electrons. The molecule has 4 heteroatoms. The fraction of sp³-hybridized carbons (Fsp3) is 0. The molecular weight excluding hydrogens is 196 g/mol. The average Bonchev–Trinajstić information content (AvgIpc) is 2.23. The minimum Gasteiger partial charge on any atom is -0.507 e. The minimum atomic E-state index is -0.467. The van der Waals surface area contributed by atoms with E-state index in [-0.39, 0.29) is 22.4 Å². The number of ketones is 2. The van der Waals surface area contributed by atoms with E-state index >= 15 is 0 Å². The van der Waals surface area contributed by atoms with E-state index < -0.39 is 11.6 Å². The summed E-state index contributed by atoms with van der Waals surface area (Å²) in [6, 6.07) is 2.54. The Bertz CT molecular complexity index is 512. The number of carbonyl (C=O) groups excluding carboxylic acids is 3. The number of hydrogen-bond acceptors (Lipinski definition) is 4. The number of rotatable bonds is 1. The Morgan fingerprint density at radius 2 is 1.60 bits per heavy atom. The Labute approximate surface area is 84.8 Å². The molecule has 2 rings (SSSR count). The molecule has 1 aromatic rings. The van der Waals surface area contributed by atoms with Crippen molar-refractivity contribution in [2.24, 2.45) is 0 Å². The summed E-state index contributed by atoms with van der Waals surface area (Å²) in [5.74, 6) is -1.19. The highest BCUT2D eigenvalue weighted by Crippen LogP contribution is 2.28. The second-order valence-corrected chi connectivity index (χ2v) is 3.10. The molecule has 1 aliphatic rings. The number of allylic oxidation sites excluding steroid dienone is 2. The molecule has 1 aromatic carbocycles. The van der Waals surface area contributed by atoms with Crippen LogP contribution in [0.15, 0.2) is 24.3 Å². The molecule has 1 N–H and O–H groups in total. The van der Waals surface area contributed by atoms with Crippen molar-refractivity contribution in [3.8, 4) is 5.75 Å². The van der Waals surface area contributed by atoms with Gasteiger partial charge in [-0.1, -0.05) is 0 Å². The van der Waals surface area contributed by atoms with Gasteiger partial charge in [0.2, 0.25) is 0 Å². The first-order valence-corrected chi connectivity index (χ1v) is 4.23. The zero-order chi connectivity index (χ0) is 11.0. The SMILES string of the molecule is O=Cc1ccc(O)c2c1C(=O)C=CC2=O. The molecule has 0 saturated heterocycles. The number of fused-ring (bicyclic) bond motifs is 1. The molecule has 4 nitrogen and oxygen atoms in total. The van der Waals surface area contributed by atoms with Crippen molar-refractivity contribution in [1.82, 2.24) is 0 Å². The third-order valence-corrected chi connectivity index (χ3v) is 2.22. The van der Waals surface area contributed by atoms with E-state index in [0.717, 1.165) is 12.2 Å². The van der Waals surface area contributed by atoms with Gasteiger partial charge >= 0.3 is 0 Å². The first kappa shape index (κ1) is 9.33. The average molecular weight is 202 g/mol. The van der Waals surface area contributed by atoms with Crippen LogP contribution in [0.2, 0.25) is 0 Å². The van der Waals surface area contributed by atoms with Crippen LogP contribution in [0, 0.1) is 0 Å². The Morgan fingerprint density at radius 1 is 1.00 bits per heavy atom. The van der Waals surface area contributed by atoms with Gasteiger partial charge in [-0.2, -0.15) is 0 Å². The summed E-state index contributed by atoms with van der Waals surface area (Å²) in [5, 5.41) is 9.44. The molecular formula is C11H6O4. The van der Waals surface area contributed by atoms with Crippen molar-refractivity contribution in [2.45, 2.75) is 0 Å². The lowest BCUT2D eigenvalue weighted by molar-refractivity contribution is 0.0988. The maximum Gasteiger partial charge on any atom is 0.190 e. The Kier molecular flexibility index (Phi) is 1.97. The normalized spacial score (nSPS) is 13.9.